The summed E-state index contributed by atoms with van der Waals surface area (Å²) in [5, 5.41) is 7.82. The number of aliphatic imine (C=N–C) groups is 1. The first-order chi connectivity index (χ1) is 10.8. The second kappa shape index (κ2) is 7.51. The van der Waals surface area contributed by atoms with Gasteiger partial charge < -0.3 is 10.6 Å². The maximum Gasteiger partial charge on any atom is 0.434 e. The van der Waals surface area contributed by atoms with E-state index in [4.69, 9.17) is 0 Å². The highest BCUT2D eigenvalue weighted by atomic mass is 32.1. The molecule has 2 N–H and O–H groups in total. The quantitative estimate of drug-likeness (QED) is 0.629. The van der Waals surface area contributed by atoms with Gasteiger partial charge in [-0.05, 0) is 25.2 Å². The van der Waals surface area contributed by atoms with Gasteiger partial charge in [0.15, 0.2) is 11.7 Å². The topological polar surface area (TPSA) is 49.3 Å². The highest BCUT2D eigenvalue weighted by molar-refractivity contribution is 7.09. The van der Waals surface area contributed by atoms with Gasteiger partial charge in [0.05, 0.1) is 6.54 Å². The van der Waals surface area contributed by atoms with Crippen LogP contribution in [0.25, 0.3) is 0 Å². The van der Waals surface area contributed by atoms with Crippen molar-refractivity contribution in [3.05, 3.63) is 16.1 Å². The monoisotopic (exact) mass is 348 g/mol. The van der Waals surface area contributed by atoms with Gasteiger partial charge in [-0.15, -0.1) is 11.3 Å². The average molecular weight is 348 g/mol. The molecule has 23 heavy (non-hydrogen) atoms. The van der Waals surface area contributed by atoms with Gasteiger partial charge in [0, 0.05) is 18.5 Å². The minimum absolute atomic E-state index is 0.146. The number of alkyl halides is 3. The molecule has 1 aliphatic carbocycles. The summed E-state index contributed by atoms with van der Waals surface area (Å²) in [4.78, 5) is 7.94. The van der Waals surface area contributed by atoms with Gasteiger partial charge in [-0.1, -0.05) is 19.8 Å². The van der Waals surface area contributed by atoms with Crippen LogP contribution in [0.4, 0.5) is 13.2 Å². The van der Waals surface area contributed by atoms with E-state index in [1.165, 1.54) is 25.7 Å². The molecule has 2 rings (SSSR count). The predicted octanol–water partition coefficient (Wildman–Crippen LogP) is 3.80. The van der Waals surface area contributed by atoms with E-state index in [0.29, 0.717) is 17.5 Å². The smallest absolute Gasteiger partial charge is 0.357 e. The van der Waals surface area contributed by atoms with E-state index in [1.54, 1.807) is 0 Å². The minimum Gasteiger partial charge on any atom is -0.357 e. The Kier molecular flexibility index (Phi) is 5.89. The van der Waals surface area contributed by atoms with Crippen molar-refractivity contribution in [1.82, 2.24) is 15.6 Å². The van der Waals surface area contributed by atoms with E-state index in [-0.39, 0.29) is 12.0 Å². The van der Waals surface area contributed by atoms with Gasteiger partial charge in [-0.3, -0.25) is 0 Å². The maximum absolute atomic E-state index is 12.5. The fraction of sp³-hybridized carbons (Fsp3) is 0.733. The molecule has 4 nitrogen and oxygen atoms in total. The summed E-state index contributed by atoms with van der Waals surface area (Å²) < 4.78 is 37.6. The number of rotatable bonds is 5. The molecule has 0 aromatic carbocycles. The minimum atomic E-state index is -4.39. The Bertz CT molecular complexity index is 533. The lowest BCUT2D eigenvalue weighted by atomic mass is 9.89. The molecule has 1 aromatic rings. The number of hydrogen-bond acceptors (Lipinski definition) is 3. The van der Waals surface area contributed by atoms with Gasteiger partial charge in [-0.2, -0.15) is 13.2 Å². The molecule has 0 amide bonds. The van der Waals surface area contributed by atoms with Crippen LogP contribution < -0.4 is 10.6 Å². The van der Waals surface area contributed by atoms with Crippen molar-refractivity contribution in [2.24, 2.45) is 10.4 Å². The molecule has 1 aliphatic rings. The summed E-state index contributed by atoms with van der Waals surface area (Å²) in [5.74, 6) is 0.629. The Morgan fingerprint density at radius 1 is 1.35 bits per heavy atom. The van der Waals surface area contributed by atoms with E-state index in [2.05, 4.69) is 27.5 Å². The second-order valence-corrected chi connectivity index (χ2v) is 7.13. The van der Waals surface area contributed by atoms with Crippen molar-refractivity contribution in [2.75, 3.05) is 13.1 Å². The summed E-state index contributed by atoms with van der Waals surface area (Å²) in [7, 11) is 0. The van der Waals surface area contributed by atoms with Crippen LogP contribution in [0.2, 0.25) is 0 Å². The second-order valence-electron chi connectivity index (χ2n) is 6.19. The largest absolute Gasteiger partial charge is 0.434 e. The number of nitrogens with zero attached hydrogens (tertiary/aromatic N) is 2. The first kappa shape index (κ1) is 18.0. The van der Waals surface area contributed by atoms with Crippen LogP contribution in [0, 0.1) is 5.41 Å². The number of guanidine groups is 1. The highest BCUT2D eigenvalue weighted by Gasteiger charge is 2.33. The van der Waals surface area contributed by atoms with E-state index in [1.807, 2.05) is 6.92 Å². The van der Waals surface area contributed by atoms with E-state index in [9.17, 15) is 13.2 Å². The number of aromatic nitrogens is 1. The number of nitrogens with one attached hydrogen (secondary N) is 2. The molecule has 130 valence electrons. The molecule has 0 saturated heterocycles. The molecule has 0 radical (unpaired) electrons. The molecule has 0 spiro atoms. The van der Waals surface area contributed by atoms with Crippen molar-refractivity contribution in [3.8, 4) is 0 Å². The summed E-state index contributed by atoms with van der Waals surface area (Å²) in [6.07, 6.45) is 0.510. The van der Waals surface area contributed by atoms with Crippen LogP contribution >= 0.6 is 11.3 Å². The van der Waals surface area contributed by atoms with Crippen LogP contribution in [0.15, 0.2) is 10.4 Å². The average Bonchev–Trinajstić information content (AvgIpc) is 3.11. The zero-order chi connectivity index (χ0) is 16.9. The summed E-state index contributed by atoms with van der Waals surface area (Å²) in [5.41, 5.74) is -0.565. The number of thiazole rings is 1. The lowest BCUT2D eigenvalue weighted by molar-refractivity contribution is -0.140. The lowest BCUT2D eigenvalue weighted by Crippen LogP contribution is -2.42. The van der Waals surface area contributed by atoms with Gasteiger partial charge in [-0.25, -0.2) is 9.98 Å². The maximum atomic E-state index is 12.5. The molecule has 1 fully saturated rings. The Hall–Kier alpha value is -1.31. The molecular formula is C15H23F3N4S. The van der Waals surface area contributed by atoms with E-state index in [0.717, 1.165) is 23.3 Å². The van der Waals surface area contributed by atoms with Crippen molar-refractivity contribution < 1.29 is 13.2 Å². The van der Waals surface area contributed by atoms with Crippen LogP contribution in [-0.4, -0.2) is 24.0 Å². The van der Waals surface area contributed by atoms with Gasteiger partial charge in [0.25, 0.3) is 0 Å². The molecule has 0 bridgehead atoms. The molecule has 1 saturated carbocycles. The number of halogens is 3. The van der Waals surface area contributed by atoms with Crippen molar-refractivity contribution in [1.29, 1.82) is 0 Å². The van der Waals surface area contributed by atoms with Crippen molar-refractivity contribution >= 4 is 17.3 Å². The Balaban J connectivity index is 1.94. The summed E-state index contributed by atoms with van der Waals surface area (Å²) in [6.45, 7) is 5.89. The molecule has 0 atom stereocenters. The van der Waals surface area contributed by atoms with Crippen LogP contribution in [0.5, 0.6) is 0 Å². The van der Waals surface area contributed by atoms with E-state index >= 15 is 0 Å². The molecule has 8 heteroatoms. The van der Waals surface area contributed by atoms with Gasteiger partial charge in [0.2, 0.25) is 0 Å². The normalized spacial score (nSPS) is 18.2. The third-order valence-electron chi connectivity index (χ3n) is 4.05. The number of hydrogen-bond donors (Lipinski definition) is 2. The Labute approximate surface area is 138 Å². The van der Waals surface area contributed by atoms with Gasteiger partial charge in [0.1, 0.15) is 5.01 Å². The first-order valence-corrected chi connectivity index (χ1v) is 8.74. The Morgan fingerprint density at radius 2 is 2.04 bits per heavy atom. The van der Waals surface area contributed by atoms with E-state index < -0.39 is 11.9 Å². The summed E-state index contributed by atoms with van der Waals surface area (Å²) >= 11 is 0.985. The van der Waals surface area contributed by atoms with Crippen molar-refractivity contribution in [3.63, 3.8) is 0 Å². The lowest BCUT2D eigenvalue weighted by Gasteiger charge is -2.25. The predicted molar refractivity (Wildman–Crippen MR) is 86.5 cm³/mol. The van der Waals surface area contributed by atoms with Crippen molar-refractivity contribution in [2.45, 2.75) is 52.3 Å². The third-order valence-corrected chi connectivity index (χ3v) is 4.89. The molecule has 0 aliphatic heterocycles. The Morgan fingerprint density at radius 3 is 2.61 bits per heavy atom. The molecule has 0 unspecified atom stereocenters. The highest BCUT2D eigenvalue weighted by Crippen LogP contribution is 2.36. The van der Waals surface area contributed by atoms with Crippen LogP contribution in [0.1, 0.15) is 50.2 Å². The van der Waals surface area contributed by atoms with Gasteiger partial charge >= 0.3 is 6.18 Å². The first-order valence-electron chi connectivity index (χ1n) is 7.86. The van der Waals surface area contributed by atoms with Crippen LogP contribution in [-0.2, 0) is 12.7 Å². The molecule has 1 aromatic heterocycles. The van der Waals surface area contributed by atoms with Crippen LogP contribution in [0.3, 0.4) is 0 Å². The molecular weight excluding hydrogens is 325 g/mol. The fourth-order valence-corrected chi connectivity index (χ4v) is 3.43. The third kappa shape index (κ3) is 5.37. The SMILES string of the molecule is CCNC(=NCc1nc(C(F)(F)F)cs1)NCC1(C)CCCC1. The summed E-state index contributed by atoms with van der Waals surface area (Å²) in [6, 6.07) is 0. The standard InChI is InChI=1S/C15H23F3N4S/c1-3-19-13(21-10-14(2)6-4-5-7-14)20-8-12-22-11(9-23-12)15(16,17)18/h9H,3-8,10H2,1-2H3,(H2,19,20,21). The zero-order valence-electron chi connectivity index (χ0n) is 13.5. The zero-order valence-corrected chi connectivity index (χ0v) is 14.3. The molecule has 1 heterocycles. The fourth-order valence-electron chi connectivity index (χ4n) is 2.70.